The minimum atomic E-state index is -0.273. The van der Waals surface area contributed by atoms with Gasteiger partial charge in [-0.25, -0.2) is 4.39 Å². The van der Waals surface area contributed by atoms with E-state index in [1.165, 1.54) is 12.1 Å². The molecule has 0 spiro atoms. The monoisotopic (exact) mass is 244 g/mol. The lowest BCUT2D eigenvalue weighted by Gasteiger charge is -2.03. The van der Waals surface area contributed by atoms with E-state index in [0.29, 0.717) is 11.3 Å². The van der Waals surface area contributed by atoms with Crippen LogP contribution < -0.4 is 4.74 Å². The van der Waals surface area contributed by atoms with Crippen LogP contribution in [-0.2, 0) is 0 Å². The summed E-state index contributed by atoms with van der Waals surface area (Å²) in [6.45, 7) is 1.66. The highest BCUT2D eigenvalue weighted by atomic mass is 35.5. The minimum Gasteiger partial charge on any atom is -0.436 e. The maximum atomic E-state index is 12.9. The highest BCUT2D eigenvalue weighted by molar-refractivity contribution is 6.99. The molecular formula is C9H6ClFN2OS. The van der Waals surface area contributed by atoms with Gasteiger partial charge in [0.05, 0.1) is 11.7 Å². The van der Waals surface area contributed by atoms with E-state index in [-0.39, 0.29) is 16.9 Å². The van der Waals surface area contributed by atoms with Crippen molar-refractivity contribution in [2.45, 2.75) is 6.92 Å². The van der Waals surface area contributed by atoms with E-state index < -0.39 is 0 Å². The third-order valence-corrected chi connectivity index (χ3v) is 2.62. The van der Waals surface area contributed by atoms with Crippen LogP contribution in [0.5, 0.6) is 11.6 Å². The van der Waals surface area contributed by atoms with Crippen molar-refractivity contribution in [3.63, 3.8) is 0 Å². The maximum absolute atomic E-state index is 12.9. The van der Waals surface area contributed by atoms with Crippen LogP contribution in [0.2, 0.25) is 5.15 Å². The standard InChI is InChI=1S/C9H6ClFN2OS/c1-5-4-6(2-3-7(5)11)14-9-8(10)12-15-13-9/h2-4H,1H3. The van der Waals surface area contributed by atoms with Gasteiger partial charge in [-0.05, 0) is 30.7 Å². The van der Waals surface area contributed by atoms with Crippen LogP contribution in [0.3, 0.4) is 0 Å². The molecule has 0 fully saturated rings. The van der Waals surface area contributed by atoms with E-state index in [9.17, 15) is 4.39 Å². The van der Waals surface area contributed by atoms with Crippen LogP contribution in [0.4, 0.5) is 4.39 Å². The van der Waals surface area contributed by atoms with E-state index in [1.54, 1.807) is 13.0 Å². The molecule has 0 radical (unpaired) electrons. The van der Waals surface area contributed by atoms with Gasteiger partial charge in [-0.2, -0.15) is 4.37 Å². The smallest absolute Gasteiger partial charge is 0.270 e. The van der Waals surface area contributed by atoms with Gasteiger partial charge in [0, 0.05) is 0 Å². The van der Waals surface area contributed by atoms with Gasteiger partial charge in [-0.15, -0.1) is 4.37 Å². The number of ether oxygens (including phenoxy) is 1. The first kappa shape index (κ1) is 10.3. The Morgan fingerprint density at radius 3 is 2.80 bits per heavy atom. The second kappa shape index (κ2) is 4.12. The van der Waals surface area contributed by atoms with Gasteiger partial charge in [-0.3, -0.25) is 0 Å². The molecule has 0 N–H and O–H groups in total. The van der Waals surface area contributed by atoms with Crippen molar-refractivity contribution in [3.05, 3.63) is 34.7 Å². The summed E-state index contributed by atoms with van der Waals surface area (Å²) in [5.41, 5.74) is 0.506. The highest BCUT2D eigenvalue weighted by Crippen LogP contribution is 2.27. The maximum Gasteiger partial charge on any atom is 0.270 e. The third-order valence-electron chi connectivity index (χ3n) is 1.77. The first-order valence-corrected chi connectivity index (χ1v) is 5.19. The van der Waals surface area contributed by atoms with Gasteiger partial charge in [0.25, 0.3) is 5.88 Å². The average molecular weight is 245 g/mol. The number of rotatable bonds is 2. The Bertz CT molecular complexity index is 489. The molecule has 0 aliphatic rings. The van der Waals surface area contributed by atoms with Crippen molar-refractivity contribution in [2.24, 2.45) is 0 Å². The molecule has 2 rings (SSSR count). The van der Waals surface area contributed by atoms with E-state index in [4.69, 9.17) is 16.3 Å². The van der Waals surface area contributed by atoms with Crippen LogP contribution in [0.25, 0.3) is 0 Å². The minimum absolute atomic E-state index is 0.210. The van der Waals surface area contributed by atoms with Crippen LogP contribution in [0.15, 0.2) is 18.2 Å². The Labute approximate surface area is 94.8 Å². The summed E-state index contributed by atoms with van der Waals surface area (Å²) < 4.78 is 25.9. The summed E-state index contributed by atoms with van der Waals surface area (Å²) in [6, 6.07) is 4.42. The molecule has 3 nitrogen and oxygen atoms in total. The number of benzene rings is 1. The number of aromatic nitrogens is 2. The largest absolute Gasteiger partial charge is 0.436 e. The van der Waals surface area contributed by atoms with E-state index >= 15 is 0 Å². The zero-order valence-electron chi connectivity index (χ0n) is 7.70. The molecule has 6 heteroatoms. The number of aryl methyl sites for hydroxylation is 1. The van der Waals surface area contributed by atoms with Crippen molar-refractivity contribution in [1.29, 1.82) is 0 Å². The van der Waals surface area contributed by atoms with Crippen LogP contribution in [0, 0.1) is 12.7 Å². The molecule has 0 unspecified atom stereocenters. The molecule has 0 bridgehead atoms. The SMILES string of the molecule is Cc1cc(Oc2nsnc2Cl)ccc1F. The van der Waals surface area contributed by atoms with Crippen LogP contribution in [0.1, 0.15) is 5.56 Å². The molecule has 78 valence electrons. The summed E-state index contributed by atoms with van der Waals surface area (Å²) in [5.74, 6) is 0.459. The summed E-state index contributed by atoms with van der Waals surface area (Å²) in [7, 11) is 0. The number of hydrogen-bond acceptors (Lipinski definition) is 4. The molecule has 0 amide bonds. The Kier molecular flexibility index (Phi) is 2.83. The fourth-order valence-corrected chi connectivity index (χ4v) is 1.64. The van der Waals surface area contributed by atoms with Crippen LogP contribution in [-0.4, -0.2) is 8.75 Å². The molecule has 0 saturated carbocycles. The molecule has 2 aromatic rings. The fraction of sp³-hybridized carbons (Fsp3) is 0.111. The van der Waals surface area contributed by atoms with E-state index in [2.05, 4.69) is 8.75 Å². The van der Waals surface area contributed by atoms with Crippen molar-refractivity contribution >= 4 is 23.3 Å². The third kappa shape index (κ3) is 2.24. The Morgan fingerprint density at radius 1 is 1.40 bits per heavy atom. The molecule has 0 aliphatic carbocycles. The lowest BCUT2D eigenvalue weighted by molar-refractivity contribution is 0.465. The average Bonchev–Trinajstić information content (AvgIpc) is 2.59. The lowest BCUT2D eigenvalue weighted by Crippen LogP contribution is -1.87. The zero-order chi connectivity index (χ0) is 10.8. The van der Waals surface area contributed by atoms with Gasteiger partial charge < -0.3 is 4.74 Å². The summed E-state index contributed by atoms with van der Waals surface area (Å²) in [4.78, 5) is 0. The van der Waals surface area contributed by atoms with Gasteiger partial charge >= 0.3 is 0 Å². The predicted molar refractivity (Wildman–Crippen MR) is 56.1 cm³/mol. The molecule has 1 aromatic heterocycles. The zero-order valence-corrected chi connectivity index (χ0v) is 9.27. The summed E-state index contributed by atoms with van der Waals surface area (Å²) in [5, 5.41) is 0.210. The number of halogens is 2. The Balaban J connectivity index is 2.25. The van der Waals surface area contributed by atoms with Crippen molar-refractivity contribution in [1.82, 2.24) is 8.75 Å². The molecular weight excluding hydrogens is 239 g/mol. The van der Waals surface area contributed by atoms with Crippen molar-refractivity contribution < 1.29 is 9.13 Å². The van der Waals surface area contributed by atoms with Crippen molar-refractivity contribution in [2.75, 3.05) is 0 Å². The highest BCUT2D eigenvalue weighted by Gasteiger charge is 2.08. The van der Waals surface area contributed by atoms with E-state index in [0.717, 1.165) is 11.7 Å². The first-order chi connectivity index (χ1) is 7.16. The first-order valence-electron chi connectivity index (χ1n) is 4.09. The Morgan fingerprint density at radius 2 is 2.20 bits per heavy atom. The molecule has 0 saturated heterocycles. The lowest BCUT2D eigenvalue weighted by atomic mass is 10.2. The van der Waals surface area contributed by atoms with Gasteiger partial charge in [0.15, 0.2) is 0 Å². The van der Waals surface area contributed by atoms with Crippen LogP contribution >= 0.6 is 23.3 Å². The second-order valence-corrected chi connectivity index (χ2v) is 3.76. The molecule has 15 heavy (non-hydrogen) atoms. The van der Waals surface area contributed by atoms with Gasteiger partial charge in [0.2, 0.25) is 5.15 Å². The molecule has 1 heterocycles. The second-order valence-electron chi connectivity index (χ2n) is 2.87. The normalized spacial score (nSPS) is 10.3. The number of hydrogen-bond donors (Lipinski definition) is 0. The predicted octanol–water partition coefficient (Wildman–Crippen LogP) is 3.43. The molecule has 0 aliphatic heterocycles. The Hall–Kier alpha value is -1.20. The summed E-state index contributed by atoms with van der Waals surface area (Å²) in [6.07, 6.45) is 0. The molecule has 1 aromatic carbocycles. The quantitative estimate of drug-likeness (QED) is 0.812. The number of nitrogens with zero attached hydrogens (tertiary/aromatic N) is 2. The topological polar surface area (TPSA) is 35.0 Å². The fourth-order valence-electron chi connectivity index (χ4n) is 1.02. The van der Waals surface area contributed by atoms with Gasteiger partial charge in [-0.1, -0.05) is 11.6 Å². The summed E-state index contributed by atoms with van der Waals surface area (Å²) >= 11 is 6.66. The van der Waals surface area contributed by atoms with E-state index in [1.807, 2.05) is 0 Å². The van der Waals surface area contributed by atoms with Crippen molar-refractivity contribution in [3.8, 4) is 11.6 Å². The van der Waals surface area contributed by atoms with Gasteiger partial charge in [0.1, 0.15) is 11.6 Å². The molecule has 0 atom stereocenters.